The number of nitrogens with zero attached hydrogens (tertiary/aromatic N) is 4. The number of amides is 6. The second-order valence-corrected chi connectivity index (χ2v) is 15.9. The predicted octanol–water partition coefficient (Wildman–Crippen LogP) is 2.56. The van der Waals surface area contributed by atoms with Gasteiger partial charge in [-0.1, -0.05) is 44.2 Å². The molecule has 16 nitrogen and oxygen atoms in total. The molecule has 1 fully saturated rings. The van der Waals surface area contributed by atoms with Crippen LogP contribution >= 0.6 is 0 Å². The van der Waals surface area contributed by atoms with Gasteiger partial charge >= 0.3 is 0 Å². The highest BCUT2D eigenvalue weighted by Crippen LogP contribution is 2.34. The van der Waals surface area contributed by atoms with Crippen molar-refractivity contribution in [2.24, 2.45) is 0 Å². The lowest BCUT2D eigenvalue weighted by Gasteiger charge is -2.36. The van der Waals surface area contributed by atoms with Crippen LogP contribution in [0.5, 0.6) is 23.0 Å². The number of ether oxygens (including phenoxy) is 3. The molecule has 0 aliphatic carbocycles. The monoisotopic (exact) mass is 855 g/mol. The fourth-order valence-corrected chi connectivity index (χ4v) is 7.61. The summed E-state index contributed by atoms with van der Waals surface area (Å²) in [6.07, 6.45) is 0.130. The summed E-state index contributed by atoms with van der Waals surface area (Å²) < 4.78 is 17.9. The summed E-state index contributed by atoms with van der Waals surface area (Å²) >= 11 is 0. The zero-order valence-electron chi connectivity index (χ0n) is 37.2. The van der Waals surface area contributed by atoms with Crippen LogP contribution < -0.4 is 30.2 Å². The van der Waals surface area contributed by atoms with Gasteiger partial charge in [-0.15, -0.1) is 0 Å². The summed E-state index contributed by atoms with van der Waals surface area (Å²) in [5.74, 6) is -1.54. The van der Waals surface area contributed by atoms with Gasteiger partial charge in [-0.25, -0.2) is 0 Å². The molecule has 62 heavy (non-hydrogen) atoms. The minimum atomic E-state index is -1.17. The molecule has 0 saturated carbocycles. The van der Waals surface area contributed by atoms with E-state index in [1.807, 2.05) is 0 Å². The van der Waals surface area contributed by atoms with Gasteiger partial charge in [0.15, 0.2) is 11.5 Å². The maximum Gasteiger partial charge on any atom is 0.246 e. The lowest BCUT2D eigenvalue weighted by molar-refractivity contribution is -0.149. The standard InChI is InChI=1S/C46H61N7O9/c1-10-53(11-2)22-23-61-39-21-16-33-26-37-42(55)47-28(3)41(54)48-29(4)44(57)50(6)36(24-31-12-17-34(60-9)18-13-31)43(56)49-30(5)45(58)52(8)38(46(59)51(37)7)25-32-14-19-35(20-15-32)62-40(39)27-33/h12-21,27-30,36-38H,10-11,22-26H2,1-9H3,(H,47,55)(H,48,54)(H,49,56)/t28-,29-,30-,36-,37-,38-/m0/s1. The zero-order chi connectivity index (χ0) is 45.2. The number of nitrogens with one attached hydrogen (secondary N) is 3. The number of carbonyl (C=O) groups excluding carboxylic acids is 6. The number of rotatable bonds is 9. The van der Waals surface area contributed by atoms with Crippen molar-refractivity contribution in [1.82, 2.24) is 35.6 Å². The Balaban J connectivity index is 1.55. The van der Waals surface area contributed by atoms with Gasteiger partial charge in [-0.3, -0.25) is 28.8 Å². The van der Waals surface area contributed by atoms with Crippen LogP contribution in [0.4, 0.5) is 0 Å². The van der Waals surface area contributed by atoms with Crippen molar-refractivity contribution in [3.63, 3.8) is 0 Å². The van der Waals surface area contributed by atoms with Crippen molar-refractivity contribution in [3.8, 4) is 23.0 Å². The molecule has 0 radical (unpaired) electrons. The number of methoxy groups -OCH3 is 1. The number of carbonyl (C=O) groups is 6. The van der Waals surface area contributed by atoms with E-state index in [2.05, 4.69) is 34.7 Å². The van der Waals surface area contributed by atoms with E-state index in [4.69, 9.17) is 14.2 Å². The summed E-state index contributed by atoms with van der Waals surface area (Å²) in [6, 6.07) is 12.7. The molecular weight excluding hydrogens is 795 g/mol. The van der Waals surface area contributed by atoms with Crippen molar-refractivity contribution >= 4 is 35.4 Å². The third-order valence-corrected chi connectivity index (χ3v) is 11.7. The highest BCUT2D eigenvalue weighted by Gasteiger charge is 2.39. The van der Waals surface area contributed by atoms with Gasteiger partial charge in [0.1, 0.15) is 54.4 Å². The van der Waals surface area contributed by atoms with Gasteiger partial charge in [0.05, 0.1) is 7.11 Å². The van der Waals surface area contributed by atoms with Crippen molar-refractivity contribution in [2.45, 2.75) is 90.1 Å². The molecule has 3 aromatic rings. The quantitative estimate of drug-likeness (QED) is 0.290. The lowest BCUT2D eigenvalue weighted by Crippen LogP contribution is -2.61. The van der Waals surface area contributed by atoms with E-state index in [-0.39, 0.29) is 19.3 Å². The second-order valence-electron chi connectivity index (χ2n) is 15.9. The lowest BCUT2D eigenvalue weighted by atomic mass is 9.98. The molecule has 0 unspecified atom stereocenters. The molecule has 334 valence electrons. The molecular formula is C46H61N7O9. The van der Waals surface area contributed by atoms with Crippen molar-refractivity contribution in [2.75, 3.05) is 54.5 Å². The highest BCUT2D eigenvalue weighted by molar-refractivity contribution is 5.98. The maximum atomic E-state index is 14.8. The Morgan fingerprint density at radius 3 is 1.85 bits per heavy atom. The van der Waals surface area contributed by atoms with Crippen LogP contribution in [-0.2, 0) is 48.0 Å². The fraction of sp³-hybridized carbons (Fsp3) is 0.478. The highest BCUT2D eigenvalue weighted by atomic mass is 16.5. The molecule has 0 aromatic heterocycles. The van der Waals surface area contributed by atoms with Crippen LogP contribution in [0.25, 0.3) is 0 Å². The topological polar surface area (TPSA) is 179 Å². The Morgan fingerprint density at radius 2 is 1.23 bits per heavy atom. The first-order valence-electron chi connectivity index (χ1n) is 21.1. The van der Waals surface area contributed by atoms with E-state index < -0.39 is 71.7 Å². The van der Waals surface area contributed by atoms with Gasteiger partial charge < -0.3 is 49.8 Å². The normalized spacial score (nSPS) is 23.2. The van der Waals surface area contributed by atoms with E-state index in [9.17, 15) is 28.8 Å². The van der Waals surface area contributed by atoms with E-state index in [0.29, 0.717) is 52.8 Å². The SMILES string of the molecule is CCN(CC)CCOc1ccc2cc1Oc1ccc(cc1)C[C@H]1C(=O)N(C)[C@@H](C2)C(=O)N[C@@H](C)C(=O)N[C@@H](C)C(=O)N(C)[C@@H](Cc2ccc(OC)cc2)C(=O)N[C@@H](C)C(=O)N1C. The summed E-state index contributed by atoms with van der Waals surface area (Å²) in [4.78, 5) is 91.2. The van der Waals surface area contributed by atoms with E-state index in [1.54, 1.807) is 66.7 Å². The van der Waals surface area contributed by atoms with E-state index in [0.717, 1.165) is 13.1 Å². The zero-order valence-corrected chi connectivity index (χ0v) is 37.2. The number of hydrogen-bond acceptors (Lipinski definition) is 10. The average molecular weight is 856 g/mol. The molecule has 16 heteroatoms. The van der Waals surface area contributed by atoms with Crippen LogP contribution in [0.3, 0.4) is 0 Å². The first-order chi connectivity index (χ1) is 29.5. The van der Waals surface area contributed by atoms with Crippen LogP contribution in [0.15, 0.2) is 66.7 Å². The molecule has 1 saturated heterocycles. The number of likely N-dealkylation sites (N-methyl/N-ethyl adjacent to an activating group) is 4. The smallest absolute Gasteiger partial charge is 0.246 e. The van der Waals surface area contributed by atoms with Gasteiger partial charge in [0.2, 0.25) is 35.4 Å². The fourth-order valence-electron chi connectivity index (χ4n) is 7.61. The van der Waals surface area contributed by atoms with Crippen molar-refractivity contribution in [3.05, 3.63) is 83.4 Å². The Hall–Kier alpha value is -6.16. The molecule has 6 rings (SSSR count). The van der Waals surface area contributed by atoms with Crippen molar-refractivity contribution < 1.29 is 43.0 Å². The minimum absolute atomic E-state index is 0.00217. The largest absolute Gasteiger partial charge is 0.497 e. The maximum absolute atomic E-state index is 14.8. The third-order valence-electron chi connectivity index (χ3n) is 11.7. The summed E-state index contributed by atoms with van der Waals surface area (Å²) in [5.41, 5.74) is 2.04. The Labute approximate surface area is 364 Å². The van der Waals surface area contributed by atoms with E-state index >= 15 is 0 Å². The number of hydrogen-bond donors (Lipinski definition) is 3. The summed E-state index contributed by atoms with van der Waals surface area (Å²) in [7, 11) is 5.97. The molecule has 3 N–H and O–H groups in total. The molecule has 6 bridgehead atoms. The average Bonchev–Trinajstić information content (AvgIpc) is 3.27. The van der Waals surface area contributed by atoms with Crippen LogP contribution in [0, 0.1) is 0 Å². The third kappa shape index (κ3) is 11.4. The molecule has 0 spiro atoms. The molecule has 3 aliphatic rings. The summed E-state index contributed by atoms with van der Waals surface area (Å²) in [6.45, 7) is 11.5. The molecule has 6 amide bonds. The minimum Gasteiger partial charge on any atom is -0.497 e. The molecule has 3 heterocycles. The van der Waals surface area contributed by atoms with Crippen molar-refractivity contribution in [1.29, 1.82) is 0 Å². The van der Waals surface area contributed by atoms with Crippen LogP contribution in [-0.4, -0.2) is 146 Å². The molecule has 6 atom stereocenters. The number of benzene rings is 3. The van der Waals surface area contributed by atoms with Gasteiger partial charge in [-0.05, 0) is 86.9 Å². The summed E-state index contributed by atoms with van der Waals surface area (Å²) in [5, 5.41) is 8.21. The van der Waals surface area contributed by atoms with Crippen LogP contribution in [0.1, 0.15) is 51.3 Å². The Morgan fingerprint density at radius 1 is 0.661 bits per heavy atom. The first-order valence-corrected chi connectivity index (χ1v) is 21.1. The van der Waals surface area contributed by atoms with E-state index in [1.165, 1.54) is 63.7 Å². The van der Waals surface area contributed by atoms with Crippen LogP contribution in [0.2, 0.25) is 0 Å². The molecule has 3 aromatic carbocycles. The van der Waals surface area contributed by atoms with Gasteiger partial charge in [0, 0.05) is 47.0 Å². The second kappa shape index (κ2) is 21.1. The molecule has 3 aliphatic heterocycles. The Kier molecular flexibility index (Phi) is 15.9. The first kappa shape index (κ1) is 46.9. The number of fused-ring (bicyclic) bond motifs is 2. The predicted molar refractivity (Wildman–Crippen MR) is 233 cm³/mol. The van der Waals surface area contributed by atoms with Gasteiger partial charge in [0.25, 0.3) is 0 Å². The Bertz CT molecular complexity index is 2080. The van der Waals surface area contributed by atoms with Gasteiger partial charge in [-0.2, -0.15) is 0 Å².